The maximum absolute atomic E-state index is 14.0. The number of carbonyl (C=O) groups excluding carboxylic acids is 2. The molecule has 1 amide bonds. The van der Waals surface area contributed by atoms with Crippen molar-refractivity contribution in [1.82, 2.24) is 9.80 Å². The highest BCUT2D eigenvalue weighted by Gasteiger charge is 2.30. The predicted molar refractivity (Wildman–Crippen MR) is 151 cm³/mol. The van der Waals surface area contributed by atoms with Crippen molar-refractivity contribution in [3.63, 3.8) is 0 Å². The van der Waals surface area contributed by atoms with E-state index in [1.807, 2.05) is 32.0 Å². The second-order valence-corrected chi connectivity index (χ2v) is 8.96. The Hall–Kier alpha value is -3.65. The molecule has 1 atom stereocenters. The summed E-state index contributed by atoms with van der Waals surface area (Å²) in [6.45, 7) is 4.51. The summed E-state index contributed by atoms with van der Waals surface area (Å²) >= 11 is 0. The zero-order valence-electron chi connectivity index (χ0n) is 23.5. The molecule has 1 fully saturated rings. The van der Waals surface area contributed by atoms with E-state index in [2.05, 4.69) is 4.90 Å². The summed E-state index contributed by atoms with van der Waals surface area (Å²) in [7, 11) is 9.71. The van der Waals surface area contributed by atoms with Crippen LogP contribution < -0.4 is 9.47 Å². The number of likely N-dealkylation sites (N-methyl/N-ethyl adjacent to an activating group) is 1. The van der Waals surface area contributed by atoms with Gasteiger partial charge in [-0.05, 0) is 43.3 Å². The van der Waals surface area contributed by atoms with Crippen molar-refractivity contribution in [1.29, 1.82) is 0 Å². The highest BCUT2D eigenvalue weighted by atomic mass is 35.5. The van der Waals surface area contributed by atoms with E-state index in [1.54, 1.807) is 43.4 Å². The summed E-state index contributed by atoms with van der Waals surface area (Å²) in [6.07, 6.45) is 5.08. The Morgan fingerprint density at radius 3 is 2.05 bits per heavy atom. The van der Waals surface area contributed by atoms with Gasteiger partial charge in [0.25, 0.3) is 5.91 Å². The Kier molecular flexibility index (Phi) is 11.7. The van der Waals surface area contributed by atoms with Crippen molar-refractivity contribution < 1.29 is 33.3 Å². The monoisotopic (exact) mass is 560 g/mol. The second-order valence-electron chi connectivity index (χ2n) is 8.96. The molecule has 212 valence electrons. The van der Waals surface area contributed by atoms with Crippen molar-refractivity contribution in [2.24, 2.45) is 5.92 Å². The number of hydrogen-bond donors (Lipinski definition) is 0. The largest absolute Gasteiger partial charge is 0.497 e. The number of carbonyl (C=O) groups is 1. The van der Waals surface area contributed by atoms with Crippen molar-refractivity contribution in [2.45, 2.75) is 6.92 Å². The van der Waals surface area contributed by atoms with Crippen LogP contribution >= 0.6 is 12.4 Å². The number of nitrogens with zero attached hydrogens (tertiary/aromatic N) is 2. The maximum atomic E-state index is 14.0. The molecule has 1 aliphatic heterocycles. The van der Waals surface area contributed by atoms with E-state index in [9.17, 15) is 9.59 Å². The Labute approximate surface area is 236 Å². The first-order chi connectivity index (χ1) is 18.3. The molecule has 0 aromatic heterocycles. The lowest BCUT2D eigenvalue weighted by atomic mass is 9.89. The number of hydrogen-bond acceptors (Lipinski definition) is 8. The third-order valence-corrected chi connectivity index (χ3v) is 6.72. The first kappa shape index (κ1) is 31.6. The van der Waals surface area contributed by atoms with E-state index in [4.69, 9.17) is 23.7 Å². The summed E-state index contributed by atoms with van der Waals surface area (Å²) in [5, 5.41) is 0. The molecule has 3 rings (SSSR count). The topological polar surface area (TPSA) is 86.8 Å². The second kappa shape index (κ2) is 14.5. The lowest BCUT2D eigenvalue weighted by Gasteiger charge is -2.33. The number of amides is 1. The Bertz CT molecular complexity index is 1200. The molecule has 39 heavy (non-hydrogen) atoms. The minimum atomic E-state index is -0.633. The van der Waals surface area contributed by atoms with Crippen molar-refractivity contribution in [2.75, 3.05) is 68.8 Å². The van der Waals surface area contributed by atoms with E-state index < -0.39 is 5.92 Å². The van der Waals surface area contributed by atoms with E-state index >= 15 is 0 Å². The zero-order chi connectivity index (χ0) is 27.8. The predicted octanol–water partition coefficient (Wildman–Crippen LogP) is 3.65. The third-order valence-electron chi connectivity index (χ3n) is 6.72. The SMILES string of the molecule is COC1=CC(C=C(C(=O)N2CCN(C)CC2)C(OC)=C(C)c2cc(OC)cc(OC)c2)C(=C=O)C(OC)=C1.Cl. The fourth-order valence-corrected chi connectivity index (χ4v) is 4.45. The van der Waals surface area contributed by atoms with E-state index in [0.29, 0.717) is 53.0 Å². The van der Waals surface area contributed by atoms with Crippen LogP contribution in [0, 0.1) is 5.92 Å². The first-order valence-corrected chi connectivity index (χ1v) is 12.2. The molecule has 0 spiro atoms. The van der Waals surface area contributed by atoms with E-state index in [1.165, 1.54) is 21.3 Å². The molecule has 1 unspecified atom stereocenters. The van der Waals surface area contributed by atoms with Crippen LogP contribution in [0.4, 0.5) is 0 Å². The molecule has 10 heteroatoms. The number of piperazine rings is 1. The molecule has 1 aromatic rings. The first-order valence-electron chi connectivity index (χ1n) is 12.2. The lowest BCUT2D eigenvalue weighted by Crippen LogP contribution is -2.47. The molecule has 1 aliphatic carbocycles. The zero-order valence-corrected chi connectivity index (χ0v) is 24.3. The van der Waals surface area contributed by atoms with Gasteiger partial charge in [-0.3, -0.25) is 4.79 Å². The molecule has 2 aliphatic rings. The van der Waals surface area contributed by atoms with Crippen LogP contribution in [0.3, 0.4) is 0 Å². The van der Waals surface area contributed by atoms with Crippen molar-refractivity contribution in [3.8, 4) is 11.5 Å². The molecule has 0 bridgehead atoms. The number of rotatable bonds is 9. The fraction of sp³-hybridized carbons (Fsp3) is 0.414. The van der Waals surface area contributed by atoms with Gasteiger partial charge in [0.15, 0.2) is 0 Å². The number of halogens is 1. The summed E-state index contributed by atoms with van der Waals surface area (Å²) in [4.78, 5) is 30.0. The van der Waals surface area contributed by atoms with E-state index in [0.717, 1.165) is 18.7 Å². The van der Waals surface area contributed by atoms with Crippen molar-refractivity contribution in [3.05, 3.63) is 70.4 Å². The summed E-state index contributed by atoms with van der Waals surface area (Å²) < 4.78 is 27.6. The molecular weight excluding hydrogens is 524 g/mol. The molecule has 1 saturated heterocycles. The van der Waals surface area contributed by atoms with Crippen LogP contribution in [0.1, 0.15) is 12.5 Å². The number of methoxy groups -OCH3 is 5. The van der Waals surface area contributed by atoms with E-state index in [-0.39, 0.29) is 23.9 Å². The quantitative estimate of drug-likeness (QED) is 0.196. The van der Waals surface area contributed by atoms with Gasteiger partial charge in [-0.1, -0.05) is 6.08 Å². The summed E-state index contributed by atoms with van der Waals surface area (Å²) in [5.74, 6) is 3.56. The van der Waals surface area contributed by atoms with Gasteiger partial charge in [0.2, 0.25) is 0 Å². The number of ether oxygens (including phenoxy) is 5. The number of allylic oxidation sites excluding steroid dienone is 5. The molecular formula is C29H37ClN2O7. The fourth-order valence-electron chi connectivity index (χ4n) is 4.45. The molecule has 1 heterocycles. The molecule has 0 radical (unpaired) electrons. The molecule has 0 N–H and O–H groups in total. The smallest absolute Gasteiger partial charge is 0.257 e. The number of benzene rings is 1. The van der Waals surface area contributed by atoms with Gasteiger partial charge in [-0.25, -0.2) is 4.79 Å². The average molecular weight is 561 g/mol. The highest BCUT2D eigenvalue weighted by molar-refractivity contribution is 6.00. The van der Waals surface area contributed by atoms with Crippen LogP contribution in [0.5, 0.6) is 11.5 Å². The van der Waals surface area contributed by atoms with Crippen LogP contribution in [0.2, 0.25) is 0 Å². The van der Waals surface area contributed by atoms with Gasteiger partial charge in [0, 0.05) is 44.2 Å². The minimum Gasteiger partial charge on any atom is -0.497 e. The third kappa shape index (κ3) is 7.26. The van der Waals surface area contributed by atoms with Gasteiger partial charge in [-0.15, -0.1) is 12.4 Å². The summed E-state index contributed by atoms with van der Waals surface area (Å²) in [6, 6.07) is 5.47. The van der Waals surface area contributed by atoms with Gasteiger partial charge in [0.05, 0.1) is 46.7 Å². The summed E-state index contributed by atoms with van der Waals surface area (Å²) in [5.41, 5.74) is 2.03. The molecule has 0 saturated carbocycles. The lowest BCUT2D eigenvalue weighted by molar-refractivity contribution is -0.128. The Morgan fingerprint density at radius 2 is 1.56 bits per heavy atom. The standard InChI is InChI=1S/C29H36N2O7.ClH/c1-19(20-12-22(34-3)16-23(13-20)35-4)28(38-7)25(29(33)31-10-8-30(2)9-11-31)15-21-14-24(36-5)17-27(37-6)26(21)18-32;/h12-17,21H,8-11H2,1-7H3;1H. The van der Waals surface area contributed by atoms with Crippen LogP contribution in [-0.2, 0) is 23.8 Å². The normalized spacial score (nSPS) is 18.5. The maximum Gasteiger partial charge on any atom is 0.257 e. The Balaban J connectivity index is 0.00000533. The molecule has 9 nitrogen and oxygen atoms in total. The average Bonchev–Trinajstić information content (AvgIpc) is 2.95. The van der Waals surface area contributed by atoms with Crippen molar-refractivity contribution >= 4 is 29.8 Å². The molecule has 1 aromatic carbocycles. The van der Waals surface area contributed by atoms with Crippen LogP contribution in [0.15, 0.2) is 64.9 Å². The Morgan fingerprint density at radius 1 is 0.949 bits per heavy atom. The minimum absolute atomic E-state index is 0. The highest BCUT2D eigenvalue weighted by Crippen LogP contribution is 2.35. The van der Waals surface area contributed by atoms with Crippen LogP contribution in [-0.4, -0.2) is 90.4 Å². The van der Waals surface area contributed by atoms with Gasteiger partial charge in [0.1, 0.15) is 34.7 Å². The van der Waals surface area contributed by atoms with Gasteiger partial charge >= 0.3 is 0 Å². The van der Waals surface area contributed by atoms with Gasteiger partial charge in [-0.2, -0.15) is 0 Å². The van der Waals surface area contributed by atoms with Crippen LogP contribution in [0.25, 0.3) is 5.57 Å². The van der Waals surface area contributed by atoms with Gasteiger partial charge < -0.3 is 33.5 Å².